The summed E-state index contributed by atoms with van der Waals surface area (Å²) in [6.07, 6.45) is 0. The number of aryl methyl sites for hydroxylation is 1. The van der Waals surface area contributed by atoms with Crippen molar-refractivity contribution in [1.29, 1.82) is 0 Å². The third-order valence-electron chi connectivity index (χ3n) is 6.10. The van der Waals surface area contributed by atoms with E-state index in [1.165, 1.54) is 0 Å². The van der Waals surface area contributed by atoms with Crippen LogP contribution in [0.3, 0.4) is 0 Å². The van der Waals surface area contributed by atoms with Crippen LogP contribution in [-0.2, 0) is 7.05 Å². The minimum atomic E-state index is -0.357. The number of benzene rings is 4. The summed E-state index contributed by atoms with van der Waals surface area (Å²) in [4.78, 5) is 38.3. The zero-order valence-electron chi connectivity index (χ0n) is 20.9. The molecule has 5 aromatic rings. The predicted molar refractivity (Wildman–Crippen MR) is 152 cm³/mol. The molecule has 4 aromatic carbocycles. The smallest absolute Gasteiger partial charge is 0.257 e. The highest BCUT2D eigenvalue weighted by Gasteiger charge is 2.15. The number of rotatable bonds is 7. The predicted octanol–water partition coefficient (Wildman–Crippen LogP) is 6.48. The molecule has 0 aliphatic rings. The molecular formula is C31H23ClN4O3. The second-order valence-electron chi connectivity index (χ2n) is 8.78. The van der Waals surface area contributed by atoms with Gasteiger partial charge in [-0.2, -0.15) is 5.10 Å². The summed E-state index contributed by atoms with van der Waals surface area (Å²) in [5.74, 6) is -0.318. The summed E-state index contributed by atoms with van der Waals surface area (Å²) >= 11 is 6.11. The third-order valence-corrected chi connectivity index (χ3v) is 6.43. The maximum atomic E-state index is 13.0. The molecule has 2 N–H and O–H groups in total. The van der Waals surface area contributed by atoms with Crippen molar-refractivity contribution in [3.05, 3.63) is 136 Å². The quantitative estimate of drug-likeness (QED) is 0.234. The topological polar surface area (TPSA) is 93.1 Å². The van der Waals surface area contributed by atoms with Gasteiger partial charge in [-0.25, -0.2) is 0 Å². The SMILES string of the molecule is Cn1nc(-c2ccc(NC(=O)c3ccccc3Cl)cc2)cc1NC(=O)c1cccc(C(=O)c2ccccc2)c1. The summed E-state index contributed by atoms with van der Waals surface area (Å²) < 4.78 is 1.57. The van der Waals surface area contributed by atoms with Crippen LogP contribution < -0.4 is 10.6 Å². The number of nitrogens with one attached hydrogen (secondary N) is 2. The maximum Gasteiger partial charge on any atom is 0.257 e. The first-order chi connectivity index (χ1) is 18.9. The van der Waals surface area contributed by atoms with Gasteiger partial charge in [-0.1, -0.05) is 78.3 Å². The van der Waals surface area contributed by atoms with E-state index in [1.54, 1.807) is 103 Å². The van der Waals surface area contributed by atoms with E-state index in [9.17, 15) is 14.4 Å². The van der Waals surface area contributed by atoms with Gasteiger partial charge in [-0.15, -0.1) is 0 Å². The number of aromatic nitrogens is 2. The third kappa shape index (κ3) is 5.79. The van der Waals surface area contributed by atoms with Crippen LogP contribution in [0.15, 0.2) is 109 Å². The molecule has 0 atom stereocenters. The van der Waals surface area contributed by atoms with Crippen molar-refractivity contribution in [2.24, 2.45) is 7.05 Å². The van der Waals surface area contributed by atoms with Crippen molar-refractivity contribution < 1.29 is 14.4 Å². The van der Waals surface area contributed by atoms with Crippen molar-refractivity contribution in [3.8, 4) is 11.3 Å². The van der Waals surface area contributed by atoms with Crippen LogP contribution in [0, 0.1) is 0 Å². The van der Waals surface area contributed by atoms with E-state index in [1.807, 2.05) is 18.2 Å². The van der Waals surface area contributed by atoms with Crippen LogP contribution in [0.5, 0.6) is 0 Å². The Morgan fingerprint density at radius 2 is 1.36 bits per heavy atom. The Bertz CT molecular complexity index is 1680. The van der Waals surface area contributed by atoms with Gasteiger partial charge in [-0.3, -0.25) is 19.1 Å². The van der Waals surface area contributed by atoms with Gasteiger partial charge in [0.05, 0.1) is 16.3 Å². The maximum absolute atomic E-state index is 13.0. The van der Waals surface area contributed by atoms with Gasteiger partial charge in [0.2, 0.25) is 0 Å². The van der Waals surface area contributed by atoms with Crippen molar-refractivity contribution in [2.45, 2.75) is 0 Å². The van der Waals surface area contributed by atoms with E-state index in [0.29, 0.717) is 44.5 Å². The van der Waals surface area contributed by atoms with Gasteiger partial charge in [-0.05, 0) is 36.4 Å². The van der Waals surface area contributed by atoms with E-state index in [0.717, 1.165) is 5.56 Å². The average molecular weight is 535 g/mol. The Hall–Kier alpha value is -5.01. The molecule has 0 spiro atoms. The van der Waals surface area contributed by atoms with E-state index in [2.05, 4.69) is 15.7 Å². The van der Waals surface area contributed by atoms with Crippen LogP contribution in [-0.4, -0.2) is 27.4 Å². The largest absolute Gasteiger partial charge is 0.322 e. The molecule has 8 heteroatoms. The van der Waals surface area contributed by atoms with Gasteiger partial charge in [0, 0.05) is 41.1 Å². The molecule has 2 amide bonds. The number of hydrogen-bond acceptors (Lipinski definition) is 4. The Morgan fingerprint density at radius 1 is 0.692 bits per heavy atom. The summed E-state index contributed by atoms with van der Waals surface area (Å²) in [5.41, 5.74) is 3.80. The Kier molecular flexibility index (Phi) is 7.34. The van der Waals surface area contributed by atoms with Crippen molar-refractivity contribution in [3.63, 3.8) is 0 Å². The highest BCUT2D eigenvalue weighted by molar-refractivity contribution is 6.34. The first-order valence-electron chi connectivity index (χ1n) is 12.1. The van der Waals surface area contributed by atoms with Gasteiger partial charge >= 0.3 is 0 Å². The Balaban J connectivity index is 1.28. The molecule has 5 rings (SSSR count). The lowest BCUT2D eigenvalue weighted by Gasteiger charge is -2.07. The van der Waals surface area contributed by atoms with Gasteiger partial charge in [0.15, 0.2) is 5.78 Å². The van der Waals surface area contributed by atoms with E-state index in [4.69, 9.17) is 11.6 Å². The molecule has 0 fully saturated rings. The fourth-order valence-electron chi connectivity index (χ4n) is 4.04. The summed E-state index contributed by atoms with van der Waals surface area (Å²) in [5, 5.41) is 10.6. The Labute approximate surface area is 230 Å². The molecule has 1 heterocycles. The Morgan fingerprint density at radius 3 is 2.10 bits per heavy atom. The van der Waals surface area contributed by atoms with Crippen LogP contribution in [0.4, 0.5) is 11.5 Å². The van der Waals surface area contributed by atoms with Gasteiger partial charge in [0.25, 0.3) is 11.8 Å². The standard InChI is InChI=1S/C31H23ClN4O3/c1-36-28(34-30(38)23-11-7-10-22(18-23)29(37)21-8-3-2-4-9-21)19-27(35-36)20-14-16-24(17-15-20)33-31(39)25-12-5-6-13-26(25)32/h2-19H,1H3,(H,33,39)(H,34,38). The molecule has 39 heavy (non-hydrogen) atoms. The van der Waals surface area contributed by atoms with Crippen molar-refractivity contribution in [2.75, 3.05) is 10.6 Å². The first kappa shape index (κ1) is 25.6. The number of amides is 2. The zero-order valence-corrected chi connectivity index (χ0v) is 21.6. The van der Waals surface area contributed by atoms with E-state index < -0.39 is 0 Å². The first-order valence-corrected chi connectivity index (χ1v) is 12.5. The summed E-state index contributed by atoms with van der Waals surface area (Å²) in [6.45, 7) is 0. The molecule has 0 radical (unpaired) electrons. The highest BCUT2D eigenvalue weighted by atomic mass is 35.5. The van der Waals surface area contributed by atoms with E-state index >= 15 is 0 Å². The molecule has 192 valence electrons. The monoisotopic (exact) mass is 534 g/mol. The zero-order chi connectivity index (χ0) is 27.4. The lowest BCUT2D eigenvalue weighted by molar-refractivity contribution is 0.101. The second kappa shape index (κ2) is 11.2. The molecule has 0 aliphatic heterocycles. The lowest BCUT2D eigenvalue weighted by Crippen LogP contribution is -2.15. The van der Waals surface area contributed by atoms with Crippen molar-refractivity contribution >= 4 is 40.7 Å². The number of carbonyl (C=O) groups is 3. The summed E-state index contributed by atoms with van der Waals surface area (Å²) in [7, 11) is 1.73. The molecule has 0 saturated carbocycles. The van der Waals surface area contributed by atoms with Crippen molar-refractivity contribution in [1.82, 2.24) is 9.78 Å². The van der Waals surface area contributed by atoms with E-state index in [-0.39, 0.29) is 17.6 Å². The number of anilines is 2. The van der Waals surface area contributed by atoms with Gasteiger partial charge < -0.3 is 10.6 Å². The molecular weight excluding hydrogens is 512 g/mol. The lowest BCUT2D eigenvalue weighted by atomic mass is 10.0. The molecule has 0 unspecified atom stereocenters. The fraction of sp³-hybridized carbons (Fsp3) is 0.0323. The van der Waals surface area contributed by atoms with Gasteiger partial charge in [0.1, 0.15) is 5.82 Å². The van der Waals surface area contributed by atoms with Crippen LogP contribution in [0.25, 0.3) is 11.3 Å². The number of hydrogen-bond donors (Lipinski definition) is 2. The van der Waals surface area contributed by atoms with Crippen LogP contribution >= 0.6 is 11.6 Å². The minimum absolute atomic E-state index is 0.153. The molecule has 0 aliphatic carbocycles. The molecule has 0 bridgehead atoms. The normalized spacial score (nSPS) is 10.6. The number of nitrogens with zero attached hydrogens (tertiary/aromatic N) is 2. The van der Waals surface area contributed by atoms with Crippen LogP contribution in [0.2, 0.25) is 5.02 Å². The molecule has 0 saturated heterocycles. The highest BCUT2D eigenvalue weighted by Crippen LogP contribution is 2.24. The summed E-state index contributed by atoms with van der Waals surface area (Å²) in [6, 6.07) is 31.3. The molecule has 1 aromatic heterocycles. The van der Waals surface area contributed by atoms with Crippen LogP contribution in [0.1, 0.15) is 36.6 Å². The molecule has 7 nitrogen and oxygen atoms in total. The number of carbonyl (C=O) groups excluding carboxylic acids is 3. The fourth-order valence-corrected chi connectivity index (χ4v) is 4.26. The average Bonchev–Trinajstić information content (AvgIpc) is 3.33. The number of halogens is 1. The second-order valence-corrected chi connectivity index (χ2v) is 9.19. The minimum Gasteiger partial charge on any atom is -0.322 e. The number of ketones is 1.